The molecule has 0 aromatic heterocycles. The highest BCUT2D eigenvalue weighted by atomic mass is 16.5. The van der Waals surface area contributed by atoms with Crippen LogP contribution in [0, 0.1) is 5.41 Å². The molecule has 1 fully saturated rings. The molecule has 1 aliphatic rings. The number of piperidine rings is 1. The molecule has 4 nitrogen and oxygen atoms in total. The summed E-state index contributed by atoms with van der Waals surface area (Å²) >= 11 is 0. The minimum absolute atomic E-state index is 0.188. The first kappa shape index (κ1) is 14.9. The van der Waals surface area contributed by atoms with Crippen molar-refractivity contribution in [3.63, 3.8) is 0 Å². The van der Waals surface area contributed by atoms with E-state index < -0.39 is 0 Å². The summed E-state index contributed by atoms with van der Waals surface area (Å²) in [6.45, 7) is 7.81. The SMILES string of the molecule is CCC1(CO)CCN(CCOCCOC)CC1. The summed E-state index contributed by atoms with van der Waals surface area (Å²) in [6.07, 6.45) is 3.30. The summed E-state index contributed by atoms with van der Waals surface area (Å²) in [7, 11) is 1.69. The van der Waals surface area contributed by atoms with Gasteiger partial charge in [0.15, 0.2) is 0 Å². The van der Waals surface area contributed by atoms with Crippen molar-refractivity contribution in [3.8, 4) is 0 Å². The van der Waals surface area contributed by atoms with Gasteiger partial charge in [0.2, 0.25) is 0 Å². The molecule has 0 spiro atoms. The van der Waals surface area contributed by atoms with Gasteiger partial charge in [-0.15, -0.1) is 0 Å². The Kier molecular flexibility index (Phi) is 7.04. The molecule has 102 valence electrons. The molecule has 0 aromatic carbocycles. The van der Waals surface area contributed by atoms with E-state index in [0.29, 0.717) is 19.8 Å². The van der Waals surface area contributed by atoms with E-state index in [4.69, 9.17) is 9.47 Å². The lowest BCUT2D eigenvalue weighted by Crippen LogP contribution is -2.42. The lowest BCUT2D eigenvalue weighted by atomic mass is 9.77. The van der Waals surface area contributed by atoms with Crippen LogP contribution in [0.5, 0.6) is 0 Å². The summed E-state index contributed by atoms with van der Waals surface area (Å²) in [5.41, 5.74) is 0.188. The minimum atomic E-state index is 0.188. The Hall–Kier alpha value is -0.160. The fourth-order valence-corrected chi connectivity index (χ4v) is 2.31. The van der Waals surface area contributed by atoms with Crippen LogP contribution in [0.3, 0.4) is 0 Å². The Morgan fingerprint density at radius 1 is 1.18 bits per heavy atom. The van der Waals surface area contributed by atoms with E-state index in [9.17, 15) is 5.11 Å². The molecule has 1 heterocycles. The minimum Gasteiger partial charge on any atom is -0.396 e. The van der Waals surface area contributed by atoms with Crippen molar-refractivity contribution in [1.29, 1.82) is 0 Å². The third kappa shape index (κ3) is 4.92. The number of hydrogen-bond acceptors (Lipinski definition) is 4. The van der Waals surface area contributed by atoms with Crippen molar-refractivity contribution in [3.05, 3.63) is 0 Å². The van der Waals surface area contributed by atoms with Crippen molar-refractivity contribution in [1.82, 2.24) is 4.90 Å². The summed E-state index contributed by atoms with van der Waals surface area (Å²) < 4.78 is 10.4. The summed E-state index contributed by atoms with van der Waals surface area (Å²) in [4.78, 5) is 2.43. The van der Waals surface area contributed by atoms with Crippen LogP contribution in [0.15, 0.2) is 0 Å². The van der Waals surface area contributed by atoms with E-state index >= 15 is 0 Å². The highest BCUT2D eigenvalue weighted by molar-refractivity contribution is 4.84. The fraction of sp³-hybridized carbons (Fsp3) is 1.00. The zero-order valence-electron chi connectivity index (χ0n) is 11.3. The zero-order valence-corrected chi connectivity index (χ0v) is 11.3. The van der Waals surface area contributed by atoms with Gasteiger partial charge in [-0.25, -0.2) is 0 Å². The number of aliphatic hydroxyl groups excluding tert-OH is 1. The lowest BCUT2D eigenvalue weighted by Gasteiger charge is -2.40. The largest absolute Gasteiger partial charge is 0.396 e. The third-order valence-electron chi connectivity index (χ3n) is 3.99. The first-order chi connectivity index (χ1) is 8.26. The number of methoxy groups -OCH3 is 1. The number of nitrogens with zero attached hydrogens (tertiary/aromatic N) is 1. The van der Waals surface area contributed by atoms with Crippen LogP contribution in [-0.2, 0) is 9.47 Å². The predicted octanol–water partition coefficient (Wildman–Crippen LogP) is 1.13. The van der Waals surface area contributed by atoms with E-state index in [1.807, 2.05) is 0 Å². The van der Waals surface area contributed by atoms with Gasteiger partial charge >= 0.3 is 0 Å². The van der Waals surface area contributed by atoms with E-state index in [0.717, 1.165) is 45.5 Å². The Balaban J connectivity index is 2.10. The molecule has 0 unspecified atom stereocenters. The van der Waals surface area contributed by atoms with Gasteiger partial charge < -0.3 is 19.5 Å². The van der Waals surface area contributed by atoms with Crippen LogP contribution in [0.4, 0.5) is 0 Å². The summed E-state index contributed by atoms with van der Waals surface area (Å²) in [6, 6.07) is 0. The maximum atomic E-state index is 9.44. The van der Waals surface area contributed by atoms with Gasteiger partial charge in [0, 0.05) is 20.3 Å². The van der Waals surface area contributed by atoms with E-state index in [1.165, 1.54) is 0 Å². The Morgan fingerprint density at radius 2 is 1.88 bits per heavy atom. The van der Waals surface area contributed by atoms with Crippen LogP contribution < -0.4 is 0 Å². The monoisotopic (exact) mass is 245 g/mol. The molecule has 1 rings (SSSR count). The molecule has 4 heteroatoms. The molecule has 0 radical (unpaired) electrons. The number of hydrogen-bond donors (Lipinski definition) is 1. The van der Waals surface area contributed by atoms with Crippen LogP contribution in [-0.4, -0.2) is 63.2 Å². The van der Waals surface area contributed by atoms with Gasteiger partial charge in [0.1, 0.15) is 0 Å². The van der Waals surface area contributed by atoms with E-state index in [-0.39, 0.29) is 5.41 Å². The zero-order chi connectivity index (χ0) is 12.6. The van der Waals surface area contributed by atoms with Crippen molar-refractivity contribution < 1.29 is 14.6 Å². The quantitative estimate of drug-likeness (QED) is 0.651. The summed E-state index contributed by atoms with van der Waals surface area (Å²) in [5.74, 6) is 0. The Labute approximate surface area is 105 Å². The molecule has 1 saturated heterocycles. The molecule has 0 bridgehead atoms. The molecule has 1 N–H and O–H groups in total. The first-order valence-electron chi connectivity index (χ1n) is 6.66. The second-order valence-electron chi connectivity index (χ2n) is 4.96. The van der Waals surface area contributed by atoms with Gasteiger partial charge in [0.25, 0.3) is 0 Å². The van der Waals surface area contributed by atoms with Crippen LogP contribution in [0.25, 0.3) is 0 Å². The van der Waals surface area contributed by atoms with E-state index in [2.05, 4.69) is 11.8 Å². The second-order valence-corrected chi connectivity index (χ2v) is 4.96. The highest BCUT2D eigenvalue weighted by Gasteiger charge is 2.31. The fourth-order valence-electron chi connectivity index (χ4n) is 2.31. The normalized spacial score (nSPS) is 20.6. The number of likely N-dealkylation sites (tertiary alicyclic amines) is 1. The standard InChI is InChI=1S/C13H27NO3/c1-3-13(12-15)4-6-14(7-5-13)8-9-17-11-10-16-2/h15H,3-12H2,1-2H3. The van der Waals surface area contributed by atoms with Gasteiger partial charge in [-0.05, 0) is 37.8 Å². The van der Waals surface area contributed by atoms with Crippen molar-refractivity contribution in [2.24, 2.45) is 5.41 Å². The smallest absolute Gasteiger partial charge is 0.0700 e. The Morgan fingerprint density at radius 3 is 2.41 bits per heavy atom. The molecule has 0 aliphatic carbocycles. The average molecular weight is 245 g/mol. The van der Waals surface area contributed by atoms with Gasteiger partial charge in [-0.2, -0.15) is 0 Å². The van der Waals surface area contributed by atoms with Gasteiger partial charge in [-0.1, -0.05) is 6.92 Å². The lowest BCUT2D eigenvalue weighted by molar-refractivity contribution is 0.0189. The van der Waals surface area contributed by atoms with Gasteiger partial charge in [0.05, 0.1) is 19.8 Å². The van der Waals surface area contributed by atoms with Crippen molar-refractivity contribution >= 4 is 0 Å². The molecule has 0 amide bonds. The molecule has 1 aliphatic heterocycles. The summed E-state index contributed by atoms with van der Waals surface area (Å²) in [5, 5.41) is 9.44. The first-order valence-corrected chi connectivity index (χ1v) is 6.66. The number of rotatable bonds is 8. The molecular formula is C13H27NO3. The number of aliphatic hydroxyl groups is 1. The predicted molar refractivity (Wildman–Crippen MR) is 68.2 cm³/mol. The molecule has 0 saturated carbocycles. The van der Waals surface area contributed by atoms with Crippen molar-refractivity contribution in [2.45, 2.75) is 26.2 Å². The topological polar surface area (TPSA) is 41.9 Å². The molecule has 0 aromatic rings. The van der Waals surface area contributed by atoms with Crippen molar-refractivity contribution in [2.75, 3.05) is 53.2 Å². The van der Waals surface area contributed by atoms with Gasteiger partial charge in [-0.3, -0.25) is 0 Å². The maximum absolute atomic E-state index is 9.44. The van der Waals surface area contributed by atoms with Crippen LogP contribution >= 0.6 is 0 Å². The Bertz CT molecular complexity index is 185. The molecular weight excluding hydrogens is 218 g/mol. The molecule has 0 atom stereocenters. The third-order valence-corrected chi connectivity index (χ3v) is 3.99. The second kappa shape index (κ2) is 8.03. The van der Waals surface area contributed by atoms with E-state index in [1.54, 1.807) is 7.11 Å². The van der Waals surface area contributed by atoms with Crippen LogP contribution in [0.1, 0.15) is 26.2 Å². The highest BCUT2D eigenvalue weighted by Crippen LogP contribution is 2.33. The maximum Gasteiger partial charge on any atom is 0.0700 e. The number of ether oxygens (including phenoxy) is 2. The molecule has 17 heavy (non-hydrogen) atoms. The average Bonchev–Trinajstić information content (AvgIpc) is 2.39. The van der Waals surface area contributed by atoms with Crippen LogP contribution in [0.2, 0.25) is 0 Å².